The molecule has 4 rings (SSSR count). The van der Waals surface area contributed by atoms with Crippen molar-refractivity contribution in [1.82, 2.24) is 24.7 Å². The average molecular weight is 429 g/mol. The first-order valence-electron chi connectivity index (χ1n) is 11.9. The summed E-state index contributed by atoms with van der Waals surface area (Å²) in [5.41, 5.74) is 2.10. The van der Waals surface area contributed by atoms with Crippen LogP contribution in [0.25, 0.3) is 0 Å². The molecule has 0 saturated carbocycles. The number of nitrogens with zero attached hydrogens (tertiary/aromatic N) is 5. The van der Waals surface area contributed by atoms with E-state index in [4.69, 9.17) is 9.97 Å². The van der Waals surface area contributed by atoms with Crippen LogP contribution in [0, 0.1) is 0 Å². The van der Waals surface area contributed by atoms with Gasteiger partial charge in [-0.05, 0) is 51.6 Å². The Labute approximate surface area is 185 Å². The summed E-state index contributed by atoms with van der Waals surface area (Å²) in [4.78, 5) is 41.0. The number of aromatic nitrogens is 2. The Morgan fingerprint density at radius 1 is 1.06 bits per heavy atom. The van der Waals surface area contributed by atoms with E-state index < -0.39 is 0 Å². The van der Waals surface area contributed by atoms with Crippen molar-refractivity contribution in [2.24, 2.45) is 0 Å². The van der Waals surface area contributed by atoms with Crippen LogP contribution >= 0.6 is 0 Å². The molecule has 1 N–H and O–H groups in total. The number of rotatable bonds is 5. The van der Waals surface area contributed by atoms with Gasteiger partial charge in [0.1, 0.15) is 11.6 Å². The van der Waals surface area contributed by atoms with Crippen LogP contribution in [0.2, 0.25) is 0 Å². The highest BCUT2D eigenvalue weighted by Gasteiger charge is 2.33. The molecule has 1 aromatic rings. The molecule has 2 saturated heterocycles. The van der Waals surface area contributed by atoms with Crippen LogP contribution in [-0.2, 0) is 22.6 Å². The summed E-state index contributed by atoms with van der Waals surface area (Å²) in [6, 6.07) is 0.0347. The molecule has 2 amide bonds. The molecule has 4 heterocycles. The van der Waals surface area contributed by atoms with Gasteiger partial charge in [0.25, 0.3) is 0 Å². The topological polar surface area (TPSA) is 81.7 Å². The van der Waals surface area contributed by atoms with Gasteiger partial charge in [-0.15, -0.1) is 0 Å². The van der Waals surface area contributed by atoms with Crippen LogP contribution in [0.5, 0.6) is 0 Å². The molecule has 0 aromatic carbocycles. The van der Waals surface area contributed by atoms with E-state index in [0.717, 1.165) is 81.3 Å². The molecular weight excluding hydrogens is 392 g/mol. The molecular formula is C23H36N6O2. The number of hydrogen-bond donors (Lipinski definition) is 1. The molecule has 3 aliphatic heterocycles. The first kappa shape index (κ1) is 22.0. The largest absolute Gasteiger partial charge is 0.373 e. The minimum absolute atomic E-state index is 0.0347. The Hall–Kier alpha value is -2.22. The van der Waals surface area contributed by atoms with Crippen molar-refractivity contribution in [3.05, 3.63) is 17.1 Å². The summed E-state index contributed by atoms with van der Waals surface area (Å²) < 4.78 is 0. The van der Waals surface area contributed by atoms with E-state index in [0.29, 0.717) is 12.5 Å². The number of fused-ring (bicyclic) bond motifs is 1. The molecule has 8 nitrogen and oxygen atoms in total. The number of nitrogens with one attached hydrogen (secondary N) is 1. The molecule has 0 spiro atoms. The van der Waals surface area contributed by atoms with Gasteiger partial charge >= 0.3 is 0 Å². The predicted molar refractivity (Wildman–Crippen MR) is 120 cm³/mol. The van der Waals surface area contributed by atoms with Gasteiger partial charge in [0.15, 0.2) is 0 Å². The molecule has 0 radical (unpaired) electrons. The summed E-state index contributed by atoms with van der Waals surface area (Å²) in [5.74, 6) is 2.38. The maximum absolute atomic E-state index is 13.2. The predicted octanol–water partition coefficient (Wildman–Crippen LogP) is 2.00. The van der Waals surface area contributed by atoms with Gasteiger partial charge in [-0.3, -0.25) is 14.5 Å². The highest BCUT2D eigenvalue weighted by molar-refractivity contribution is 5.82. The van der Waals surface area contributed by atoms with Crippen LogP contribution in [0.3, 0.4) is 0 Å². The van der Waals surface area contributed by atoms with Gasteiger partial charge in [-0.25, -0.2) is 9.97 Å². The quantitative estimate of drug-likeness (QED) is 0.773. The van der Waals surface area contributed by atoms with E-state index >= 15 is 0 Å². The number of hydrogen-bond acceptors (Lipinski definition) is 6. The molecule has 0 bridgehead atoms. The van der Waals surface area contributed by atoms with Crippen molar-refractivity contribution in [3.8, 4) is 0 Å². The van der Waals surface area contributed by atoms with Crippen molar-refractivity contribution in [2.75, 3.05) is 45.1 Å². The highest BCUT2D eigenvalue weighted by atomic mass is 16.2. The zero-order valence-corrected chi connectivity index (χ0v) is 19.2. The van der Waals surface area contributed by atoms with Crippen LogP contribution < -0.4 is 5.32 Å². The average Bonchev–Trinajstić information content (AvgIpc) is 3.32. The standard InChI is InChI=1S/C23H36N6O2/c1-4-20(27-10-5-6-11-27)23(31)28-12-7-17(8-13-28)21-25-19-15-29(16(2)30)14-9-18(19)22(24-3)26-21/h17,20H,4-15H2,1-3H3,(H,24,25,26)/t20-/m1/s1. The second kappa shape index (κ2) is 9.51. The van der Waals surface area contributed by atoms with E-state index in [1.54, 1.807) is 6.92 Å². The smallest absolute Gasteiger partial charge is 0.239 e. The third kappa shape index (κ3) is 4.54. The number of amides is 2. The fourth-order valence-electron chi connectivity index (χ4n) is 5.32. The molecule has 0 aliphatic carbocycles. The van der Waals surface area contributed by atoms with Crippen molar-refractivity contribution in [3.63, 3.8) is 0 Å². The zero-order valence-electron chi connectivity index (χ0n) is 19.2. The molecule has 0 unspecified atom stereocenters. The monoisotopic (exact) mass is 428 g/mol. The summed E-state index contributed by atoms with van der Waals surface area (Å²) in [6.45, 7) is 8.64. The second-order valence-electron chi connectivity index (χ2n) is 9.06. The Balaban J connectivity index is 1.44. The van der Waals surface area contributed by atoms with Gasteiger partial charge in [0, 0.05) is 45.1 Å². The van der Waals surface area contributed by atoms with Gasteiger partial charge in [0.2, 0.25) is 11.8 Å². The lowest BCUT2D eigenvalue weighted by Gasteiger charge is -2.36. The zero-order chi connectivity index (χ0) is 22.0. The number of carbonyl (C=O) groups is 2. The van der Waals surface area contributed by atoms with Crippen molar-refractivity contribution >= 4 is 17.6 Å². The number of likely N-dealkylation sites (tertiary alicyclic amines) is 2. The molecule has 2 fully saturated rings. The highest BCUT2D eigenvalue weighted by Crippen LogP contribution is 2.31. The Kier molecular flexibility index (Phi) is 6.74. The van der Waals surface area contributed by atoms with Crippen LogP contribution in [0.15, 0.2) is 0 Å². The Morgan fingerprint density at radius 2 is 1.77 bits per heavy atom. The van der Waals surface area contributed by atoms with E-state index in [9.17, 15) is 9.59 Å². The summed E-state index contributed by atoms with van der Waals surface area (Å²) >= 11 is 0. The Bertz CT molecular complexity index is 815. The first-order valence-corrected chi connectivity index (χ1v) is 11.9. The third-order valence-corrected chi connectivity index (χ3v) is 7.19. The van der Waals surface area contributed by atoms with E-state index in [-0.39, 0.29) is 17.9 Å². The van der Waals surface area contributed by atoms with Crippen molar-refractivity contribution < 1.29 is 9.59 Å². The van der Waals surface area contributed by atoms with Crippen molar-refractivity contribution in [2.45, 2.75) is 70.9 Å². The van der Waals surface area contributed by atoms with E-state index in [1.807, 2.05) is 11.9 Å². The first-order chi connectivity index (χ1) is 15.0. The number of carbonyl (C=O) groups excluding carboxylic acids is 2. The summed E-state index contributed by atoms with van der Waals surface area (Å²) in [7, 11) is 1.90. The number of anilines is 1. The minimum atomic E-state index is 0.0347. The van der Waals surface area contributed by atoms with E-state index in [1.165, 1.54) is 12.8 Å². The maximum Gasteiger partial charge on any atom is 0.239 e. The Morgan fingerprint density at radius 3 is 2.39 bits per heavy atom. The van der Waals surface area contributed by atoms with Gasteiger partial charge in [0.05, 0.1) is 18.3 Å². The molecule has 170 valence electrons. The maximum atomic E-state index is 13.2. The van der Waals surface area contributed by atoms with Gasteiger partial charge < -0.3 is 15.1 Å². The lowest BCUT2D eigenvalue weighted by molar-refractivity contribution is -0.138. The molecule has 8 heteroatoms. The number of piperidine rings is 1. The second-order valence-corrected chi connectivity index (χ2v) is 9.06. The van der Waals surface area contributed by atoms with Crippen LogP contribution in [-0.4, -0.2) is 82.3 Å². The third-order valence-electron chi connectivity index (χ3n) is 7.19. The normalized spacial score (nSPS) is 21.1. The fourth-order valence-corrected chi connectivity index (χ4v) is 5.32. The van der Waals surface area contributed by atoms with Gasteiger partial charge in [-0.1, -0.05) is 6.92 Å². The summed E-state index contributed by atoms with van der Waals surface area (Å²) in [5, 5.41) is 3.23. The lowest BCUT2D eigenvalue weighted by atomic mass is 9.94. The fraction of sp³-hybridized carbons (Fsp3) is 0.739. The SMILES string of the molecule is CC[C@H](C(=O)N1CCC(c2nc3c(c(NC)n2)CCN(C(C)=O)C3)CC1)N1CCCC1. The lowest BCUT2D eigenvalue weighted by Crippen LogP contribution is -2.49. The van der Waals surface area contributed by atoms with Crippen LogP contribution in [0.4, 0.5) is 5.82 Å². The minimum Gasteiger partial charge on any atom is -0.373 e. The molecule has 31 heavy (non-hydrogen) atoms. The van der Waals surface area contributed by atoms with Crippen LogP contribution in [0.1, 0.15) is 69.0 Å². The molecule has 1 atom stereocenters. The molecule has 3 aliphatic rings. The van der Waals surface area contributed by atoms with Crippen molar-refractivity contribution in [1.29, 1.82) is 0 Å². The van der Waals surface area contributed by atoms with E-state index in [2.05, 4.69) is 22.0 Å². The van der Waals surface area contributed by atoms with Gasteiger partial charge in [-0.2, -0.15) is 0 Å². The molecule has 1 aromatic heterocycles. The summed E-state index contributed by atoms with van der Waals surface area (Å²) in [6.07, 6.45) is 5.85.